The van der Waals surface area contributed by atoms with E-state index >= 15 is 0 Å². The number of hydrogen-bond donors (Lipinski definition) is 6. The lowest BCUT2D eigenvalue weighted by molar-refractivity contribution is -0.305. The summed E-state index contributed by atoms with van der Waals surface area (Å²) in [4.78, 5) is 26.6. The van der Waals surface area contributed by atoms with Gasteiger partial charge in [-0.2, -0.15) is 0 Å². The lowest BCUT2D eigenvalue weighted by Crippen LogP contribution is -2.61. The van der Waals surface area contributed by atoms with Gasteiger partial charge in [-0.15, -0.1) is 0 Å². The number of aliphatic hydroxyl groups is 5. The number of unbranched alkanes of at least 4 members (excludes halogenated alkanes) is 32. The van der Waals surface area contributed by atoms with Gasteiger partial charge in [-0.3, -0.25) is 9.59 Å². The summed E-state index contributed by atoms with van der Waals surface area (Å²) in [5, 5.41) is 57.1. The first-order chi connectivity index (χ1) is 39.2. The van der Waals surface area contributed by atoms with Gasteiger partial charge in [-0.1, -0.05) is 286 Å². The Morgan fingerprint density at radius 1 is 0.500 bits per heavy atom. The van der Waals surface area contributed by atoms with Crippen LogP contribution in [0.4, 0.5) is 0 Å². The summed E-state index contributed by atoms with van der Waals surface area (Å²) in [7, 11) is 0. The molecule has 0 aromatic heterocycles. The van der Waals surface area contributed by atoms with Gasteiger partial charge in [-0.25, -0.2) is 0 Å². The van der Waals surface area contributed by atoms with Crippen LogP contribution in [0.5, 0.6) is 0 Å². The van der Waals surface area contributed by atoms with Crippen molar-refractivity contribution in [1.82, 2.24) is 5.32 Å². The number of esters is 1. The molecule has 1 heterocycles. The van der Waals surface area contributed by atoms with Crippen molar-refractivity contribution >= 4 is 11.9 Å². The third-order valence-electron chi connectivity index (χ3n) is 15.4. The number of rotatable bonds is 56. The molecule has 11 heteroatoms. The number of allylic oxidation sites excluding steroid dienone is 11. The molecule has 6 N–H and O–H groups in total. The van der Waals surface area contributed by atoms with E-state index in [0.717, 1.165) is 96.3 Å². The molecule has 0 spiro atoms. The molecule has 0 radical (unpaired) electrons. The summed E-state index contributed by atoms with van der Waals surface area (Å²) >= 11 is 0. The van der Waals surface area contributed by atoms with Crippen LogP contribution in [0.2, 0.25) is 0 Å². The zero-order valence-corrected chi connectivity index (χ0v) is 51.4. The highest BCUT2D eigenvalue weighted by molar-refractivity contribution is 5.80. The van der Waals surface area contributed by atoms with Crippen molar-refractivity contribution in [2.75, 3.05) is 13.2 Å². The van der Waals surface area contributed by atoms with Crippen molar-refractivity contribution in [2.45, 2.75) is 339 Å². The highest BCUT2D eigenvalue weighted by atomic mass is 16.7. The molecule has 8 atom stereocenters. The second-order valence-electron chi connectivity index (χ2n) is 22.8. The Bertz CT molecular complexity index is 1580. The van der Waals surface area contributed by atoms with Crippen molar-refractivity contribution in [3.05, 3.63) is 72.9 Å². The average Bonchev–Trinajstić information content (AvgIpc) is 3.45. The molecule has 11 nitrogen and oxygen atoms in total. The van der Waals surface area contributed by atoms with Gasteiger partial charge in [0.1, 0.15) is 24.4 Å². The van der Waals surface area contributed by atoms with Crippen LogP contribution in [0, 0.1) is 0 Å². The lowest BCUT2D eigenvalue weighted by Gasteiger charge is -2.41. The maximum absolute atomic E-state index is 13.4. The Morgan fingerprint density at radius 3 is 1.35 bits per heavy atom. The number of carbonyl (C=O) groups excluding carboxylic acids is 2. The molecule has 0 aromatic rings. The molecule has 1 fully saturated rings. The molecule has 80 heavy (non-hydrogen) atoms. The normalized spacial score (nSPS) is 19.2. The Labute approximate surface area is 490 Å². The van der Waals surface area contributed by atoms with Gasteiger partial charge in [0.05, 0.1) is 25.4 Å². The van der Waals surface area contributed by atoms with Gasteiger partial charge in [0, 0.05) is 6.42 Å². The second kappa shape index (κ2) is 56.6. The van der Waals surface area contributed by atoms with Crippen LogP contribution in [0.15, 0.2) is 72.9 Å². The van der Waals surface area contributed by atoms with Crippen molar-refractivity contribution in [1.29, 1.82) is 0 Å². The van der Waals surface area contributed by atoms with E-state index in [0.29, 0.717) is 12.8 Å². The van der Waals surface area contributed by atoms with Crippen molar-refractivity contribution in [2.24, 2.45) is 0 Å². The fourth-order valence-electron chi connectivity index (χ4n) is 10.1. The summed E-state index contributed by atoms with van der Waals surface area (Å²) in [6, 6.07) is -1.04. The molecule has 1 saturated heterocycles. The van der Waals surface area contributed by atoms with Gasteiger partial charge >= 0.3 is 5.97 Å². The van der Waals surface area contributed by atoms with Crippen LogP contribution in [0.3, 0.4) is 0 Å². The third kappa shape index (κ3) is 43.7. The Kier molecular flexibility index (Phi) is 53.1. The number of aliphatic hydroxyl groups excluding tert-OH is 5. The molecule has 0 bridgehead atoms. The average molecular weight is 1130 g/mol. The highest BCUT2D eigenvalue weighted by Gasteiger charge is 2.47. The van der Waals surface area contributed by atoms with Gasteiger partial charge in [0.25, 0.3) is 0 Å². The zero-order chi connectivity index (χ0) is 58.2. The van der Waals surface area contributed by atoms with E-state index in [4.69, 9.17) is 14.2 Å². The first-order valence-electron chi connectivity index (χ1n) is 33.2. The minimum atomic E-state index is -1.62. The quantitative estimate of drug-likeness (QED) is 0.0195. The Balaban J connectivity index is 2.65. The fourth-order valence-corrected chi connectivity index (χ4v) is 10.1. The number of ether oxygens (including phenoxy) is 3. The SMILES string of the molecule is CC/C=C\C/C=C\C/C=C\C/C=C\C/C=C\CCCCCCC(O)C(=O)NC(COC1OC(CO)C(O)C(O)C1OC(=O)CCCCCCCCCCCCCCCCCCCCC)C(O)/C=C/CCCCCCCCCCCC. The predicted molar refractivity (Wildman–Crippen MR) is 333 cm³/mol. The molecule has 0 aromatic carbocycles. The Hall–Kier alpha value is -2.90. The van der Waals surface area contributed by atoms with Crippen molar-refractivity contribution in [3.63, 3.8) is 0 Å². The molecular weight excluding hydrogens is 1000 g/mol. The van der Waals surface area contributed by atoms with Crippen LogP contribution in [0.25, 0.3) is 0 Å². The molecule has 8 unspecified atom stereocenters. The Morgan fingerprint density at radius 2 is 0.900 bits per heavy atom. The van der Waals surface area contributed by atoms with E-state index in [1.165, 1.54) is 148 Å². The van der Waals surface area contributed by atoms with Crippen LogP contribution in [-0.2, 0) is 23.8 Å². The molecule has 1 rings (SSSR count). The topological polar surface area (TPSA) is 175 Å². The smallest absolute Gasteiger partial charge is 0.306 e. The maximum atomic E-state index is 13.4. The van der Waals surface area contributed by atoms with E-state index in [1.807, 2.05) is 6.08 Å². The molecule has 464 valence electrons. The lowest BCUT2D eigenvalue weighted by atomic mass is 9.99. The number of carbonyl (C=O) groups is 2. The van der Waals surface area contributed by atoms with Gasteiger partial charge in [0.2, 0.25) is 5.91 Å². The zero-order valence-electron chi connectivity index (χ0n) is 51.4. The number of hydrogen-bond acceptors (Lipinski definition) is 10. The van der Waals surface area contributed by atoms with Gasteiger partial charge in [-0.05, 0) is 70.6 Å². The van der Waals surface area contributed by atoms with Crippen LogP contribution in [0.1, 0.15) is 290 Å². The summed E-state index contributed by atoms with van der Waals surface area (Å²) < 4.78 is 17.7. The molecule has 0 aliphatic carbocycles. The largest absolute Gasteiger partial charge is 0.454 e. The fraction of sp³-hybridized carbons (Fsp3) is 0.797. The van der Waals surface area contributed by atoms with Crippen molar-refractivity contribution < 1.29 is 49.3 Å². The van der Waals surface area contributed by atoms with Crippen LogP contribution in [-0.4, -0.2) is 99.6 Å². The van der Waals surface area contributed by atoms with E-state index < -0.39 is 67.4 Å². The summed E-state index contributed by atoms with van der Waals surface area (Å²) in [6.07, 6.45) is 62.2. The van der Waals surface area contributed by atoms with Crippen LogP contribution >= 0.6 is 0 Å². The van der Waals surface area contributed by atoms with Crippen molar-refractivity contribution in [3.8, 4) is 0 Å². The molecule has 1 aliphatic rings. The van der Waals surface area contributed by atoms with E-state index in [2.05, 4.69) is 86.8 Å². The molecular formula is C69H123NO10. The van der Waals surface area contributed by atoms with E-state index in [9.17, 15) is 35.1 Å². The first-order valence-corrected chi connectivity index (χ1v) is 33.2. The second-order valence-corrected chi connectivity index (χ2v) is 22.8. The molecule has 1 amide bonds. The summed E-state index contributed by atoms with van der Waals surface area (Å²) in [5.41, 5.74) is 0. The van der Waals surface area contributed by atoms with E-state index in [1.54, 1.807) is 6.08 Å². The first kappa shape index (κ1) is 75.1. The molecule has 1 aliphatic heterocycles. The third-order valence-corrected chi connectivity index (χ3v) is 15.4. The van der Waals surface area contributed by atoms with Gasteiger partial charge in [0.15, 0.2) is 12.4 Å². The minimum Gasteiger partial charge on any atom is -0.454 e. The van der Waals surface area contributed by atoms with Gasteiger partial charge < -0.3 is 45.1 Å². The number of amides is 1. The summed E-state index contributed by atoms with van der Waals surface area (Å²) in [6.45, 7) is 5.69. The predicted octanol–water partition coefficient (Wildman–Crippen LogP) is 16.3. The molecule has 0 saturated carbocycles. The van der Waals surface area contributed by atoms with Crippen LogP contribution < -0.4 is 5.32 Å². The monoisotopic (exact) mass is 1130 g/mol. The van der Waals surface area contributed by atoms with E-state index in [-0.39, 0.29) is 19.4 Å². The maximum Gasteiger partial charge on any atom is 0.306 e. The minimum absolute atomic E-state index is 0.123. The number of nitrogens with one attached hydrogen (secondary N) is 1. The summed E-state index contributed by atoms with van der Waals surface area (Å²) in [5.74, 6) is -1.21. The standard InChI is InChI=1S/C69H123NO10/c1-4-7-10-13-16-19-22-25-27-29-31-33-34-36-38-41-44-47-50-53-56-62(73)68(77)70-60(61(72)55-52-49-46-43-40-24-21-18-15-12-9-6-3)59-78-69-67(66(76)65(75)63(58-71)79-69)80-64(74)57-54-51-48-45-42-39-37-35-32-30-28-26-23-20-17-14-11-8-5-2/h7,10,16,19,25,27,31,33,36,38,52,55,60-63,65-67,69,71-73,75-76H,4-6,8-9,11-15,17-18,20-24,26,28-30,32,34-35,37,39-51,53-54,56-59H2,1-3H3,(H,70,77)/b10-7-,19-16-,27-25-,33-31-,38-36-,55-52+. The highest BCUT2D eigenvalue weighted by Crippen LogP contribution is 2.26.